The summed E-state index contributed by atoms with van der Waals surface area (Å²) in [5.41, 5.74) is 1.46. The first-order valence-corrected chi connectivity index (χ1v) is 8.02. The molecule has 0 atom stereocenters. The number of furan rings is 1. The molecule has 2 aromatic heterocycles. The zero-order valence-electron chi connectivity index (χ0n) is 14.1. The first-order valence-electron chi connectivity index (χ1n) is 8.02. The van der Waals surface area contributed by atoms with Crippen molar-refractivity contribution in [2.75, 3.05) is 24.7 Å². The van der Waals surface area contributed by atoms with E-state index in [9.17, 15) is 9.90 Å². The van der Waals surface area contributed by atoms with E-state index in [1.807, 2.05) is 35.2 Å². The van der Waals surface area contributed by atoms with E-state index in [2.05, 4.69) is 9.97 Å². The maximum atomic E-state index is 12.4. The number of hydrogen-bond acceptors (Lipinski definition) is 7. The van der Waals surface area contributed by atoms with Crippen molar-refractivity contribution < 1.29 is 19.1 Å². The van der Waals surface area contributed by atoms with E-state index in [0.717, 1.165) is 5.69 Å². The van der Waals surface area contributed by atoms with E-state index in [1.54, 1.807) is 13.8 Å². The zero-order valence-corrected chi connectivity index (χ0v) is 14.1. The average Bonchev–Trinajstić information content (AvgIpc) is 2.96. The summed E-state index contributed by atoms with van der Waals surface area (Å²) in [7, 11) is 0. The van der Waals surface area contributed by atoms with Crippen molar-refractivity contribution in [2.24, 2.45) is 0 Å². The number of aryl methyl sites for hydroxylation is 1. The molecule has 7 heteroatoms. The molecule has 0 saturated carbocycles. The predicted molar refractivity (Wildman–Crippen MR) is 93.0 cm³/mol. The van der Waals surface area contributed by atoms with Crippen molar-refractivity contribution in [2.45, 2.75) is 13.8 Å². The maximum absolute atomic E-state index is 12.4. The summed E-state index contributed by atoms with van der Waals surface area (Å²) in [6, 6.07) is 9.50. The van der Waals surface area contributed by atoms with Gasteiger partial charge in [-0.2, -0.15) is 0 Å². The number of anilines is 2. The molecule has 3 aromatic rings. The molecule has 0 aliphatic carbocycles. The molecule has 25 heavy (non-hydrogen) atoms. The molecular weight excluding hydrogens is 322 g/mol. The van der Waals surface area contributed by atoms with Crippen LogP contribution in [0.5, 0.6) is 0 Å². The topological polar surface area (TPSA) is 88.7 Å². The average molecular weight is 341 g/mol. The van der Waals surface area contributed by atoms with Crippen LogP contribution in [0.25, 0.3) is 11.1 Å². The minimum atomic E-state index is -0.480. The quantitative estimate of drug-likeness (QED) is 0.690. The Balaban J connectivity index is 2.22. The number of ether oxygens (including phenoxy) is 1. The second-order valence-electron chi connectivity index (χ2n) is 5.34. The summed E-state index contributed by atoms with van der Waals surface area (Å²) in [5, 5.41) is 9.98. The van der Waals surface area contributed by atoms with Gasteiger partial charge in [0, 0.05) is 12.2 Å². The molecule has 0 amide bonds. The Morgan fingerprint density at radius 2 is 2.04 bits per heavy atom. The van der Waals surface area contributed by atoms with Crippen LogP contribution in [0.1, 0.15) is 23.0 Å². The second-order valence-corrected chi connectivity index (χ2v) is 5.34. The van der Waals surface area contributed by atoms with Crippen LogP contribution in [0.2, 0.25) is 0 Å². The van der Waals surface area contributed by atoms with Crippen molar-refractivity contribution in [1.82, 2.24) is 9.97 Å². The number of fused-ring (bicyclic) bond motifs is 1. The number of benzene rings is 1. The number of para-hydroxylation sites is 1. The highest BCUT2D eigenvalue weighted by atomic mass is 16.5. The highest BCUT2D eigenvalue weighted by Crippen LogP contribution is 2.34. The van der Waals surface area contributed by atoms with Crippen LogP contribution >= 0.6 is 0 Å². The minimum Gasteiger partial charge on any atom is -0.462 e. The fourth-order valence-corrected chi connectivity index (χ4v) is 2.75. The largest absolute Gasteiger partial charge is 0.462 e. The molecule has 1 N–H and O–H groups in total. The number of carbonyl (C=O) groups excluding carboxylic acids is 1. The molecule has 0 fully saturated rings. The van der Waals surface area contributed by atoms with Crippen molar-refractivity contribution in [3.63, 3.8) is 0 Å². The Hall–Kier alpha value is -2.93. The lowest BCUT2D eigenvalue weighted by atomic mass is 10.1. The van der Waals surface area contributed by atoms with Gasteiger partial charge in [0.05, 0.1) is 18.6 Å². The third kappa shape index (κ3) is 3.18. The summed E-state index contributed by atoms with van der Waals surface area (Å²) in [4.78, 5) is 22.7. The summed E-state index contributed by atoms with van der Waals surface area (Å²) in [5.74, 6) is 0.434. The molecule has 1 aromatic carbocycles. The van der Waals surface area contributed by atoms with Gasteiger partial charge in [-0.1, -0.05) is 18.2 Å². The molecule has 130 valence electrons. The van der Waals surface area contributed by atoms with Gasteiger partial charge in [0.25, 0.3) is 0 Å². The first-order chi connectivity index (χ1) is 12.2. The molecule has 0 aliphatic rings. The number of hydrogen-bond donors (Lipinski definition) is 1. The Kier molecular flexibility index (Phi) is 4.95. The van der Waals surface area contributed by atoms with E-state index < -0.39 is 5.97 Å². The highest BCUT2D eigenvalue weighted by Gasteiger charge is 2.26. The Labute approximate surface area is 144 Å². The second kappa shape index (κ2) is 7.31. The van der Waals surface area contributed by atoms with Gasteiger partial charge in [0.2, 0.25) is 5.71 Å². The Morgan fingerprint density at radius 3 is 2.72 bits per heavy atom. The smallest absolute Gasteiger partial charge is 0.342 e. The van der Waals surface area contributed by atoms with Gasteiger partial charge in [-0.05, 0) is 26.0 Å². The van der Waals surface area contributed by atoms with Gasteiger partial charge in [0.1, 0.15) is 23.5 Å². The van der Waals surface area contributed by atoms with Crippen LogP contribution < -0.4 is 4.90 Å². The third-order valence-electron chi connectivity index (χ3n) is 3.77. The number of rotatable bonds is 6. The molecular formula is C18H19N3O4. The zero-order chi connectivity index (χ0) is 17.8. The van der Waals surface area contributed by atoms with Crippen LogP contribution in [0, 0.1) is 6.92 Å². The highest BCUT2D eigenvalue weighted by molar-refractivity contribution is 6.08. The SMILES string of the molecule is CCOC(=O)c1c(C)oc2ncnc(N(CCO)c3ccccc3)c12. The molecule has 3 rings (SSSR count). The Morgan fingerprint density at radius 1 is 1.28 bits per heavy atom. The molecule has 0 bridgehead atoms. The third-order valence-corrected chi connectivity index (χ3v) is 3.77. The van der Waals surface area contributed by atoms with Crippen LogP contribution in [0.15, 0.2) is 41.1 Å². The van der Waals surface area contributed by atoms with Crippen LogP contribution in [0.3, 0.4) is 0 Å². The number of carbonyl (C=O) groups is 1. The Bertz CT molecular complexity index is 877. The molecule has 7 nitrogen and oxygen atoms in total. The van der Waals surface area contributed by atoms with Crippen LogP contribution in [-0.4, -0.2) is 40.8 Å². The lowest BCUT2D eigenvalue weighted by molar-refractivity contribution is 0.0526. The van der Waals surface area contributed by atoms with Crippen LogP contribution in [0.4, 0.5) is 11.5 Å². The van der Waals surface area contributed by atoms with Crippen molar-refractivity contribution in [1.29, 1.82) is 0 Å². The summed E-state index contributed by atoms with van der Waals surface area (Å²) < 4.78 is 10.8. The number of esters is 1. The molecule has 2 heterocycles. The predicted octanol–water partition coefficient (Wildman–Crippen LogP) is 2.84. The fraction of sp³-hybridized carbons (Fsp3) is 0.278. The monoisotopic (exact) mass is 341 g/mol. The van der Waals surface area contributed by atoms with Crippen molar-refractivity contribution in [3.8, 4) is 0 Å². The lowest BCUT2D eigenvalue weighted by Gasteiger charge is -2.23. The van der Waals surface area contributed by atoms with E-state index in [4.69, 9.17) is 9.15 Å². The number of aliphatic hydroxyl groups is 1. The molecule has 0 spiro atoms. The standard InChI is InChI=1S/C18H19N3O4/c1-3-24-18(23)14-12(2)25-17-15(14)16(19-11-20-17)21(9-10-22)13-7-5-4-6-8-13/h4-8,11,22H,3,9-10H2,1-2H3. The van der Waals surface area contributed by atoms with Crippen molar-refractivity contribution in [3.05, 3.63) is 48.0 Å². The van der Waals surface area contributed by atoms with Gasteiger partial charge in [0.15, 0.2) is 0 Å². The van der Waals surface area contributed by atoms with E-state index in [1.165, 1.54) is 6.33 Å². The van der Waals surface area contributed by atoms with Gasteiger partial charge < -0.3 is 19.2 Å². The number of aliphatic hydroxyl groups excluding tert-OH is 1. The van der Waals surface area contributed by atoms with Gasteiger partial charge in [-0.15, -0.1) is 0 Å². The maximum Gasteiger partial charge on any atom is 0.342 e. The normalized spacial score (nSPS) is 10.8. The molecule has 0 unspecified atom stereocenters. The summed E-state index contributed by atoms with van der Waals surface area (Å²) >= 11 is 0. The summed E-state index contributed by atoms with van der Waals surface area (Å²) in [6.07, 6.45) is 1.38. The van der Waals surface area contributed by atoms with Crippen molar-refractivity contribution >= 4 is 28.6 Å². The number of aromatic nitrogens is 2. The van der Waals surface area contributed by atoms with E-state index in [0.29, 0.717) is 34.8 Å². The van der Waals surface area contributed by atoms with Crippen LogP contribution in [-0.2, 0) is 4.74 Å². The van der Waals surface area contributed by atoms with E-state index >= 15 is 0 Å². The summed E-state index contributed by atoms with van der Waals surface area (Å²) in [6.45, 7) is 3.92. The molecule has 0 radical (unpaired) electrons. The molecule has 0 aliphatic heterocycles. The van der Waals surface area contributed by atoms with Gasteiger partial charge in [-0.25, -0.2) is 14.8 Å². The van der Waals surface area contributed by atoms with Gasteiger partial charge in [-0.3, -0.25) is 0 Å². The minimum absolute atomic E-state index is 0.0774. The van der Waals surface area contributed by atoms with E-state index in [-0.39, 0.29) is 13.2 Å². The van der Waals surface area contributed by atoms with Gasteiger partial charge >= 0.3 is 5.97 Å². The lowest BCUT2D eigenvalue weighted by Crippen LogP contribution is -2.23. The fourth-order valence-electron chi connectivity index (χ4n) is 2.75. The first kappa shape index (κ1) is 16.9. The molecule has 0 saturated heterocycles. The number of nitrogens with zero attached hydrogens (tertiary/aromatic N) is 3.